The van der Waals surface area contributed by atoms with Crippen LogP contribution in [0, 0.1) is 29.1 Å². The van der Waals surface area contributed by atoms with E-state index < -0.39 is 64.6 Å². The Morgan fingerprint density at radius 3 is 1.38 bits per heavy atom. The highest BCUT2D eigenvalue weighted by Crippen LogP contribution is 2.45. The van der Waals surface area contributed by atoms with Crippen LogP contribution in [0.3, 0.4) is 0 Å². The molecule has 1 rings (SSSR count). The molecule has 11 heteroatoms. The number of benzene rings is 1. The average Bonchev–Trinajstić information content (AvgIpc) is 2.47. The van der Waals surface area contributed by atoms with E-state index in [0.717, 1.165) is 0 Å². The van der Waals surface area contributed by atoms with Crippen LogP contribution < -0.4 is 0 Å². The summed E-state index contributed by atoms with van der Waals surface area (Å²) >= 11 is 0. The van der Waals surface area contributed by atoms with Gasteiger partial charge in [0, 0.05) is 5.57 Å². The standard InChI is InChI=1S/C15H9F11/c1-5(2)3-4-6(14(21,22)23)8(15(24,25)26)7-9(16)11(18)13(20)12(19)10(7)17/h3H,4H2,1-2H3/b8-6+. The molecule has 0 nitrogen and oxygen atoms in total. The molecule has 0 saturated carbocycles. The zero-order valence-corrected chi connectivity index (χ0v) is 12.9. The van der Waals surface area contributed by atoms with Crippen molar-refractivity contribution >= 4 is 5.57 Å². The highest BCUT2D eigenvalue weighted by Gasteiger charge is 2.48. The van der Waals surface area contributed by atoms with Gasteiger partial charge in [-0.25, -0.2) is 22.0 Å². The normalized spacial score (nSPS) is 13.6. The maximum atomic E-state index is 13.7. The molecule has 0 N–H and O–H groups in total. The van der Waals surface area contributed by atoms with Gasteiger partial charge in [0.25, 0.3) is 0 Å². The molecule has 0 radical (unpaired) electrons. The molecule has 26 heavy (non-hydrogen) atoms. The number of alkyl halides is 6. The molecule has 0 amide bonds. The van der Waals surface area contributed by atoms with Crippen molar-refractivity contribution in [1.29, 1.82) is 0 Å². The highest BCUT2D eigenvalue weighted by molar-refractivity contribution is 5.74. The topological polar surface area (TPSA) is 0 Å². The summed E-state index contributed by atoms with van der Waals surface area (Å²) in [5.74, 6) is -14.4. The fraction of sp³-hybridized carbons (Fsp3) is 0.333. The highest BCUT2D eigenvalue weighted by atomic mass is 19.4. The van der Waals surface area contributed by atoms with Crippen molar-refractivity contribution in [1.82, 2.24) is 0 Å². The summed E-state index contributed by atoms with van der Waals surface area (Å²) in [7, 11) is 0. The first-order valence-electron chi connectivity index (χ1n) is 6.63. The third kappa shape index (κ3) is 4.36. The van der Waals surface area contributed by atoms with Crippen LogP contribution in [0.15, 0.2) is 17.2 Å². The van der Waals surface area contributed by atoms with E-state index in [1.54, 1.807) is 0 Å². The summed E-state index contributed by atoms with van der Waals surface area (Å²) in [4.78, 5) is 0. The van der Waals surface area contributed by atoms with E-state index in [1.165, 1.54) is 13.8 Å². The van der Waals surface area contributed by atoms with E-state index in [1.807, 2.05) is 0 Å². The summed E-state index contributed by atoms with van der Waals surface area (Å²) in [6, 6.07) is 0. The molecule has 1 aromatic carbocycles. The van der Waals surface area contributed by atoms with Gasteiger partial charge < -0.3 is 0 Å². The lowest BCUT2D eigenvalue weighted by Gasteiger charge is -2.21. The lowest BCUT2D eigenvalue weighted by molar-refractivity contribution is -0.102. The van der Waals surface area contributed by atoms with Gasteiger partial charge in [0.05, 0.1) is 11.1 Å². The van der Waals surface area contributed by atoms with E-state index >= 15 is 0 Å². The van der Waals surface area contributed by atoms with Gasteiger partial charge in [-0.2, -0.15) is 26.3 Å². The van der Waals surface area contributed by atoms with E-state index in [9.17, 15) is 48.3 Å². The van der Waals surface area contributed by atoms with Gasteiger partial charge in [-0.1, -0.05) is 11.6 Å². The minimum Gasteiger partial charge on any atom is -0.203 e. The van der Waals surface area contributed by atoms with Crippen molar-refractivity contribution in [3.63, 3.8) is 0 Å². The van der Waals surface area contributed by atoms with Crippen LogP contribution in [0.25, 0.3) is 5.57 Å². The van der Waals surface area contributed by atoms with E-state index in [-0.39, 0.29) is 5.57 Å². The van der Waals surface area contributed by atoms with E-state index in [4.69, 9.17) is 0 Å². The molecular formula is C15H9F11. The number of hydrogen-bond acceptors (Lipinski definition) is 0. The summed E-state index contributed by atoms with van der Waals surface area (Å²) in [6.45, 7) is 2.47. The summed E-state index contributed by atoms with van der Waals surface area (Å²) in [6.07, 6.45) is -12.6. The predicted octanol–water partition coefficient (Wildman–Crippen LogP) is 6.62. The Labute approximate surface area is 139 Å². The minimum absolute atomic E-state index is 0.130. The molecule has 0 saturated heterocycles. The molecule has 0 heterocycles. The fourth-order valence-corrected chi connectivity index (χ4v) is 1.95. The summed E-state index contributed by atoms with van der Waals surface area (Å²) < 4.78 is 146. The maximum absolute atomic E-state index is 13.7. The van der Waals surface area contributed by atoms with E-state index in [2.05, 4.69) is 0 Å². The van der Waals surface area contributed by atoms with Gasteiger partial charge in [0.15, 0.2) is 23.3 Å². The molecule has 0 fully saturated rings. The first-order chi connectivity index (χ1) is 11.6. The Hall–Kier alpha value is -2.07. The van der Waals surface area contributed by atoms with Crippen LogP contribution in [-0.2, 0) is 0 Å². The molecule has 0 aliphatic rings. The van der Waals surface area contributed by atoms with Gasteiger partial charge in [0.2, 0.25) is 5.82 Å². The Bertz CT molecular complexity index is 730. The quantitative estimate of drug-likeness (QED) is 0.232. The molecule has 0 aliphatic carbocycles. The average molecular weight is 398 g/mol. The minimum atomic E-state index is -6.06. The third-order valence-electron chi connectivity index (χ3n) is 3.10. The number of rotatable bonds is 3. The Morgan fingerprint density at radius 1 is 0.692 bits per heavy atom. The molecule has 1 aromatic rings. The lowest BCUT2D eigenvalue weighted by Crippen LogP contribution is -2.24. The van der Waals surface area contributed by atoms with Gasteiger partial charge in [0.1, 0.15) is 0 Å². The Morgan fingerprint density at radius 2 is 1.08 bits per heavy atom. The molecule has 0 aromatic heterocycles. The van der Waals surface area contributed by atoms with Crippen LogP contribution in [0.1, 0.15) is 25.8 Å². The van der Waals surface area contributed by atoms with Crippen LogP contribution in [0.5, 0.6) is 0 Å². The van der Waals surface area contributed by atoms with Crippen LogP contribution >= 0.6 is 0 Å². The first kappa shape index (κ1) is 22.0. The van der Waals surface area contributed by atoms with Crippen molar-refractivity contribution in [3.8, 4) is 0 Å². The van der Waals surface area contributed by atoms with Crippen LogP contribution in [-0.4, -0.2) is 12.4 Å². The largest absolute Gasteiger partial charge is 0.417 e. The predicted molar refractivity (Wildman–Crippen MR) is 69.3 cm³/mol. The second-order valence-corrected chi connectivity index (χ2v) is 5.28. The second-order valence-electron chi connectivity index (χ2n) is 5.28. The molecule has 0 atom stereocenters. The summed E-state index contributed by atoms with van der Waals surface area (Å²) in [5, 5.41) is 0. The van der Waals surface area contributed by atoms with Crippen molar-refractivity contribution < 1.29 is 48.3 Å². The first-order valence-corrected chi connectivity index (χ1v) is 6.63. The van der Waals surface area contributed by atoms with Crippen molar-refractivity contribution in [2.45, 2.75) is 32.6 Å². The van der Waals surface area contributed by atoms with Gasteiger partial charge in [-0.05, 0) is 20.3 Å². The molecule has 0 unspecified atom stereocenters. The van der Waals surface area contributed by atoms with Gasteiger partial charge in [-0.15, -0.1) is 0 Å². The molecule has 146 valence electrons. The molecular weight excluding hydrogens is 389 g/mol. The van der Waals surface area contributed by atoms with Crippen LogP contribution in [0.2, 0.25) is 0 Å². The Kier molecular flexibility index (Phi) is 6.15. The zero-order chi connectivity index (χ0) is 20.6. The molecule has 0 aliphatic heterocycles. The van der Waals surface area contributed by atoms with Crippen LogP contribution in [0.4, 0.5) is 48.3 Å². The number of allylic oxidation sites excluding steroid dienone is 4. The summed E-state index contributed by atoms with van der Waals surface area (Å²) in [5.41, 5.74) is -8.02. The maximum Gasteiger partial charge on any atom is 0.417 e. The van der Waals surface area contributed by atoms with Gasteiger partial charge in [-0.3, -0.25) is 0 Å². The lowest BCUT2D eigenvalue weighted by atomic mass is 9.94. The van der Waals surface area contributed by atoms with Crippen molar-refractivity contribution in [2.75, 3.05) is 0 Å². The second kappa shape index (κ2) is 7.28. The molecule has 0 spiro atoms. The van der Waals surface area contributed by atoms with Gasteiger partial charge >= 0.3 is 12.4 Å². The zero-order valence-electron chi connectivity index (χ0n) is 12.9. The van der Waals surface area contributed by atoms with Crippen molar-refractivity contribution in [2.24, 2.45) is 0 Å². The number of hydrogen-bond donors (Lipinski definition) is 0. The molecule has 0 bridgehead atoms. The monoisotopic (exact) mass is 398 g/mol. The number of halogens is 11. The van der Waals surface area contributed by atoms with Crippen molar-refractivity contribution in [3.05, 3.63) is 51.9 Å². The fourth-order valence-electron chi connectivity index (χ4n) is 1.95. The third-order valence-corrected chi connectivity index (χ3v) is 3.10. The SMILES string of the molecule is CC(C)=CC/C(=C(/c1c(F)c(F)c(F)c(F)c1F)C(F)(F)F)C(F)(F)F. The smallest absolute Gasteiger partial charge is 0.203 e. The Balaban J connectivity index is 4.08. The van der Waals surface area contributed by atoms with E-state index in [0.29, 0.717) is 6.08 Å².